The number of hydrogen-bond donors (Lipinski definition) is 2. The molecule has 1 aliphatic rings. The van der Waals surface area contributed by atoms with E-state index in [9.17, 15) is 15.0 Å². The number of carbonyl (C=O) groups excluding carboxylic acids is 1. The van der Waals surface area contributed by atoms with Crippen molar-refractivity contribution in [3.63, 3.8) is 0 Å². The maximum atomic E-state index is 11.2. The number of Topliss-reactive ketones (excluding diaryl/α,β-unsaturated/α-hetero) is 1. The van der Waals surface area contributed by atoms with Crippen LogP contribution in [-0.2, 0) is 4.79 Å². The first-order valence-electron chi connectivity index (χ1n) is 4.13. The Morgan fingerprint density at radius 1 is 1.00 bits per heavy atom. The van der Waals surface area contributed by atoms with Crippen LogP contribution in [0.2, 0.25) is 0 Å². The molecular weight excluding hydrogens is 156 g/mol. The molecule has 70 valence electrons. The smallest absolute Gasteiger partial charge is 0.190 e. The van der Waals surface area contributed by atoms with Gasteiger partial charge in [-0.05, 0) is 0 Å². The van der Waals surface area contributed by atoms with Crippen molar-refractivity contribution in [1.82, 2.24) is 0 Å². The zero-order valence-corrected chi connectivity index (χ0v) is 7.96. The van der Waals surface area contributed by atoms with E-state index in [1.165, 1.54) is 0 Å². The fourth-order valence-electron chi connectivity index (χ4n) is 1.57. The van der Waals surface area contributed by atoms with E-state index in [1.807, 2.05) is 0 Å². The summed E-state index contributed by atoms with van der Waals surface area (Å²) in [6.07, 6.45) is -2.08. The van der Waals surface area contributed by atoms with Crippen molar-refractivity contribution in [3.05, 3.63) is 0 Å². The Morgan fingerprint density at radius 3 is 1.33 bits per heavy atom. The molecule has 1 rings (SSSR count). The molecule has 0 saturated heterocycles. The van der Waals surface area contributed by atoms with Crippen molar-refractivity contribution in [2.24, 2.45) is 10.8 Å². The van der Waals surface area contributed by atoms with Crippen molar-refractivity contribution in [3.8, 4) is 0 Å². The standard InChI is InChI=1S/C9H16O3/c1-8(2)6(11)5(10)7(12)9(8,3)4/h6-7,11-12H,1-4H3. The second kappa shape index (κ2) is 2.30. The Bertz CT molecular complexity index is 196. The van der Waals surface area contributed by atoms with Gasteiger partial charge >= 0.3 is 0 Å². The molecule has 0 spiro atoms. The van der Waals surface area contributed by atoms with E-state index < -0.39 is 28.8 Å². The summed E-state index contributed by atoms with van der Waals surface area (Å²) in [5.74, 6) is -0.454. The molecule has 12 heavy (non-hydrogen) atoms. The lowest BCUT2D eigenvalue weighted by atomic mass is 9.69. The summed E-state index contributed by atoms with van der Waals surface area (Å²) in [5.41, 5.74) is -1.10. The third-order valence-electron chi connectivity index (χ3n) is 3.57. The minimum Gasteiger partial charge on any atom is -0.385 e. The average Bonchev–Trinajstić information content (AvgIpc) is 2.05. The number of hydrogen-bond acceptors (Lipinski definition) is 3. The number of ketones is 1. The summed E-state index contributed by atoms with van der Waals surface area (Å²) in [4.78, 5) is 11.2. The summed E-state index contributed by atoms with van der Waals surface area (Å²) in [5, 5.41) is 19.0. The van der Waals surface area contributed by atoms with Crippen LogP contribution in [0.25, 0.3) is 0 Å². The Balaban J connectivity index is 3.14. The zero-order chi connectivity index (χ0) is 9.73. The molecule has 1 saturated carbocycles. The van der Waals surface area contributed by atoms with Gasteiger partial charge in [0.15, 0.2) is 5.78 Å². The van der Waals surface area contributed by atoms with E-state index in [1.54, 1.807) is 27.7 Å². The molecule has 0 amide bonds. The van der Waals surface area contributed by atoms with Gasteiger partial charge in [-0.15, -0.1) is 0 Å². The van der Waals surface area contributed by atoms with Crippen LogP contribution in [0, 0.1) is 10.8 Å². The molecule has 2 atom stereocenters. The normalized spacial score (nSPS) is 38.7. The van der Waals surface area contributed by atoms with Gasteiger partial charge in [-0.25, -0.2) is 0 Å². The lowest BCUT2D eigenvalue weighted by molar-refractivity contribution is -0.133. The van der Waals surface area contributed by atoms with Crippen LogP contribution in [0.1, 0.15) is 27.7 Å². The van der Waals surface area contributed by atoms with E-state index >= 15 is 0 Å². The van der Waals surface area contributed by atoms with Crippen LogP contribution >= 0.6 is 0 Å². The number of carbonyl (C=O) groups is 1. The molecule has 1 fully saturated rings. The van der Waals surface area contributed by atoms with E-state index in [4.69, 9.17) is 0 Å². The number of aliphatic hydroxyl groups is 2. The molecule has 0 aromatic carbocycles. The first-order valence-corrected chi connectivity index (χ1v) is 4.13. The lowest BCUT2D eigenvalue weighted by Crippen LogP contribution is -2.38. The molecule has 3 heteroatoms. The molecule has 0 heterocycles. The maximum Gasteiger partial charge on any atom is 0.190 e. The highest BCUT2D eigenvalue weighted by Crippen LogP contribution is 2.50. The molecule has 0 aromatic rings. The van der Waals surface area contributed by atoms with Gasteiger partial charge < -0.3 is 10.2 Å². The van der Waals surface area contributed by atoms with Crippen LogP contribution in [0.3, 0.4) is 0 Å². The minimum absolute atomic E-state index is 0.454. The Kier molecular flexibility index (Phi) is 1.85. The molecule has 1 aliphatic carbocycles. The van der Waals surface area contributed by atoms with Gasteiger partial charge in [0.1, 0.15) is 12.2 Å². The van der Waals surface area contributed by atoms with Gasteiger partial charge in [0.05, 0.1) is 0 Å². The highest BCUT2D eigenvalue weighted by atomic mass is 16.3. The van der Waals surface area contributed by atoms with Crippen molar-refractivity contribution in [2.45, 2.75) is 39.9 Å². The fourth-order valence-corrected chi connectivity index (χ4v) is 1.57. The van der Waals surface area contributed by atoms with Crippen LogP contribution < -0.4 is 0 Å². The summed E-state index contributed by atoms with van der Waals surface area (Å²) in [6, 6.07) is 0. The topological polar surface area (TPSA) is 57.5 Å². The SMILES string of the molecule is CC1(C)C(O)C(=O)C(O)C1(C)C. The zero-order valence-electron chi connectivity index (χ0n) is 7.96. The third-order valence-corrected chi connectivity index (χ3v) is 3.57. The van der Waals surface area contributed by atoms with Crippen molar-refractivity contribution in [2.75, 3.05) is 0 Å². The monoisotopic (exact) mass is 172 g/mol. The quantitative estimate of drug-likeness (QED) is 0.554. The minimum atomic E-state index is -1.04. The number of rotatable bonds is 0. The van der Waals surface area contributed by atoms with Gasteiger partial charge in [-0.2, -0.15) is 0 Å². The van der Waals surface area contributed by atoms with Crippen LogP contribution in [0.15, 0.2) is 0 Å². The molecule has 2 unspecified atom stereocenters. The van der Waals surface area contributed by atoms with Crippen LogP contribution in [0.4, 0.5) is 0 Å². The van der Waals surface area contributed by atoms with E-state index in [0.29, 0.717) is 0 Å². The largest absolute Gasteiger partial charge is 0.385 e. The second-order valence-electron chi connectivity index (χ2n) is 4.65. The van der Waals surface area contributed by atoms with Gasteiger partial charge in [-0.1, -0.05) is 27.7 Å². The summed E-state index contributed by atoms with van der Waals surface area (Å²) in [6.45, 7) is 7.19. The van der Waals surface area contributed by atoms with Crippen molar-refractivity contribution >= 4 is 5.78 Å². The predicted octanol–water partition coefficient (Wildman–Crippen LogP) is 0.343. The molecule has 0 radical (unpaired) electrons. The van der Waals surface area contributed by atoms with Gasteiger partial charge in [0.2, 0.25) is 0 Å². The molecule has 2 N–H and O–H groups in total. The van der Waals surface area contributed by atoms with Crippen molar-refractivity contribution in [1.29, 1.82) is 0 Å². The Labute approximate surface area is 72.4 Å². The molecule has 0 bridgehead atoms. The summed E-state index contributed by atoms with van der Waals surface area (Å²) < 4.78 is 0. The fraction of sp³-hybridized carbons (Fsp3) is 0.889. The molecule has 3 nitrogen and oxygen atoms in total. The molecule has 0 aliphatic heterocycles. The molecule has 0 aromatic heterocycles. The third kappa shape index (κ3) is 0.866. The average molecular weight is 172 g/mol. The molecular formula is C9H16O3. The highest BCUT2D eigenvalue weighted by Gasteiger charge is 2.59. The van der Waals surface area contributed by atoms with Crippen LogP contribution in [-0.4, -0.2) is 28.2 Å². The maximum absolute atomic E-state index is 11.2. The Morgan fingerprint density at radius 2 is 1.25 bits per heavy atom. The van der Waals surface area contributed by atoms with Gasteiger partial charge in [-0.3, -0.25) is 4.79 Å². The predicted molar refractivity (Wildman–Crippen MR) is 44.6 cm³/mol. The van der Waals surface area contributed by atoms with E-state index in [-0.39, 0.29) is 0 Å². The van der Waals surface area contributed by atoms with Crippen molar-refractivity contribution < 1.29 is 15.0 Å². The van der Waals surface area contributed by atoms with E-state index in [0.717, 1.165) is 0 Å². The summed E-state index contributed by atoms with van der Waals surface area (Å²) >= 11 is 0. The van der Waals surface area contributed by atoms with Gasteiger partial charge in [0.25, 0.3) is 0 Å². The Hall–Kier alpha value is -0.410. The first-order chi connectivity index (χ1) is 5.23. The number of aliphatic hydroxyl groups excluding tert-OH is 2. The summed E-state index contributed by atoms with van der Waals surface area (Å²) in [7, 11) is 0. The lowest BCUT2D eigenvalue weighted by Gasteiger charge is -2.36. The van der Waals surface area contributed by atoms with E-state index in [2.05, 4.69) is 0 Å². The first kappa shape index (κ1) is 9.68. The van der Waals surface area contributed by atoms with Crippen LogP contribution in [0.5, 0.6) is 0 Å². The highest BCUT2D eigenvalue weighted by molar-refractivity contribution is 5.91. The van der Waals surface area contributed by atoms with Gasteiger partial charge in [0, 0.05) is 10.8 Å². The second-order valence-corrected chi connectivity index (χ2v) is 4.65.